The Hall–Kier alpha value is -3.99. The highest BCUT2D eigenvalue weighted by Gasteiger charge is 2.49. The lowest BCUT2D eigenvalue weighted by Crippen LogP contribution is -2.43. The summed E-state index contributed by atoms with van der Waals surface area (Å²) in [6.07, 6.45) is -2.46. The summed E-state index contributed by atoms with van der Waals surface area (Å²) >= 11 is 0. The maximum Gasteiger partial charge on any atom is 0.320 e. The van der Waals surface area contributed by atoms with Crippen LogP contribution in [0.5, 0.6) is 11.9 Å². The van der Waals surface area contributed by atoms with Gasteiger partial charge in [-0.15, -0.1) is 0 Å². The van der Waals surface area contributed by atoms with Crippen molar-refractivity contribution in [3.8, 4) is 23.1 Å². The molecule has 5 aromatic rings. The average Bonchev–Trinajstić information content (AvgIpc) is 3.67. The molecule has 2 atom stereocenters. The van der Waals surface area contributed by atoms with Gasteiger partial charge in [-0.1, -0.05) is 87.5 Å². The first-order valence-corrected chi connectivity index (χ1v) is 20.5. The quantitative estimate of drug-likeness (QED) is 0.119. The maximum atomic E-state index is 17.1. The largest absolute Gasteiger partial charge is 0.472 e. The monoisotopic (exact) mass is 714 g/mol. The van der Waals surface area contributed by atoms with Crippen LogP contribution in [0.3, 0.4) is 0 Å². The Bertz CT molecular complexity index is 2200. The highest BCUT2D eigenvalue weighted by molar-refractivity contribution is 6.74. The summed E-state index contributed by atoms with van der Waals surface area (Å²) in [5, 5.41) is 0.922. The third kappa shape index (κ3) is 7.23. The third-order valence-corrected chi connectivity index (χ3v) is 15.3. The van der Waals surface area contributed by atoms with E-state index in [2.05, 4.69) is 19.9 Å². The van der Waals surface area contributed by atoms with Crippen LogP contribution in [0.2, 0.25) is 18.1 Å². The maximum absolute atomic E-state index is 17.1. The van der Waals surface area contributed by atoms with Crippen LogP contribution in [0.15, 0.2) is 72.9 Å². The molecule has 0 aliphatic carbocycles. The molecule has 0 unspecified atom stereocenters. The van der Waals surface area contributed by atoms with E-state index in [-0.39, 0.29) is 57.9 Å². The second-order valence-corrected chi connectivity index (χ2v) is 20.0. The van der Waals surface area contributed by atoms with E-state index >= 15 is 4.39 Å². The number of hydrogen-bond acceptors (Lipinski definition) is 7. The van der Waals surface area contributed by atoms with Gasteiger partial charge in [0.15, 0.2) is 14.1 Å². The minimum absolute atomic E-state index is 0.0485. The van der Waals surface area contributed by atoms with Crippen molar-refractivity contribution in [1.29, 1.82) is 0 Å². The predicted molar refractivity (Wildman–Crippen MR) is 201 cm³/mol. The lowest BCUT2D eigenvalue weighted by atomic mass is 9.94. The number of ether oxygens (including phenoxy) is 2. The zero-order valence-electron chi connectivity index (χ0n) is 33.9. The number of nitrogens with zero attached hydrogens (tertiary/aromatic N) is 4. The number of alkyl halides is 1. The molecule has 0 radical (unpaired) electrons. The van der Waals surface area contributed by atoms with Crippen molar-refractivity contribution in [3.05, 3.63) is 89.9 Å². The van der Waals surface area contributed by atoms with Crippen LogP contribution in [-0.4, -0.2) is 66.2 Å². The average molecular weight is 715 g/mol. The van der Waals surface area contributed by atoms with Crippen molar-refractivity contribution in [1.82, 2.24) is 19.9 Å². The fourth-order valence-corrected chi connectivity index (χ4v) is 7.82. The summed E-state index contributed by atoms with van der Waals surface area (Å²) in [5.74, 6) is -0.728. The summed E-state index contributed by atoms with van der Waals surface area (Å²) in [5.41, 5.74) is 0.496. The molecule has 0 bridgehead atoms. The van der Waals surface area contributed by atoms with Crippen LogP contribution in [0.1, 0.15) is 63.0 Å². The topological polar surface area (TPSA) is 69.6 Å². The highest BCUT2D eigenvalue weighted by atomic mass is 28.4. The molecule has 2 saturated heterocycles. The summed E-state index contributed by atoms with van der Waals surface area (Å²) in [7, 11) is -2.42. The lowest BCUT2D eigenvalue weighted by molar-refractivity contribution is 0.106. The van der Waals surface area contributed by atoms with E-state index < -0.39 is 45.2 Å². The van der Waals surface area contributed by atoms with Crippen LogP contribution >= 0.6 is 0 Å². The smallest absolute Gasteiger partial charge is 0.320 e. The molecule has 2 fully saturated rings. The fraction of sp³-hybridized carbons (Fsp3) is 0.439. The summed E-state index contributed by atoms with van der Waals surface area (Å²) in [6, 6.07) is 19.5. The van der Waals surface area contributed by atoms with Crippen molar-refractivity contribution >= 4 is 30.0 Å². The fourth-order valence-electron chi connectivity index (χ4n) is 6.95. The SMILES string of the molecule is [2H]C([2H])(CO[Si](C)(C)C(C)(C)C)C([2H])([2H])c1cccc2cccc(-c3ncc4c(OCc5ccccc5)nc(OC[C@@]56CCCN5C[C@H](F)C6)nc4c3F)c12. The summed E-state index contributed by atoms with van der Waals surface area (Å²) in [4.78, 5) is 15.8. The van der Waals surface area contributed by atoms with Gasteiger partial charge in [0.1, 0.15) is 30.6 Å². The van der Waals surface area contributed by atoms with E-state index in [0.29, 0.717) is 23.7 Å². The molecule has 4 heterocycles. The molecule has 10 heteroatoms. The highest BCUT2D eigenvalue weighted by Crippen LogP contribution is 2.41. The van der Waals surface area contributed by atoms with Crippen LogP contribution in [0.25, 0.3) is 32.9 Å². The summed E-state index contributed by atoms with van der Waals surface area (Å²) in [6.45, 7) is 11.1. The Labute approximate surface area is 306 Å². The zero-order valence-corrected chi connectivity index (χ0v) is 30.9. The van der Waals surface area contributed by atoms with Crippen LogP contribution < -0.4 is 9.47 Å². The van der Waals surface area contributed by atoms with Gasteiger partial charge < -0.3 is 13.9 Å². The number of fused-ring (bicyclic) bond motifs is 3. The molecular weight excluding hydrogens is 663 g/mol. The van der Waals surface area contributed by atoms with Gasteiger partial charge >= 0.3 is 6.01 Å². The molecule has 7 nitrogen and oxygen atoms in total. The van der Waals surface area contributed by atoms with Crippen molar-refractivity contribution < 1.29 is 28.2 Å². The van der Waals surface area contributed by atoms with Gasteiger partial charge in [-0.2, -0.15) is 9.97 Å². The number of pyridine rings is 1. The molecule has 0 spiro atoms. The van der Waals surface area contributed by atoms with Crippen molar-refractivity contribution in [2.45, 2.75) is 89.2 Å². The Kier molecular flexibility index (Phi) is 8.53. The van der Waals surface area contributed by atoms with Gasteiger partial charge in [-0.05, 0) is 72.2 Å². The molecule has 51 heavy (non-hydrogen) atoms. The molecule has 0 N–H and O–H groups in total. The Morgan fingerprint density at radius 1 is 1.02 bits per heavy atom. The first-order chi connectivity index (χ1) is 25.9. The minimum Gasteiger partial charge on any atom is -0.472 e. The van der Waals surface area contributed by atoms with E-state index in [0.717, 1.165) is 24.9 Å². The van der Waals surface area contributed by atoms with Crippen LogP contribution in [0.4, 0.5) is 8.78 Å². The van der Waals surface area contributed by atoms with E-state index in [1.54, 1.807) is 30.3 Å². The number of aryl methyl sites for hydroxylation is 1. The number of halogens is 2. The van der Waals surface area contributed by atoms with Crippen LogP contribution in [-0.2, 0) is 17.4 Å². The van der Waals surface area contributed by atoms with Crippen molar-refractivity contribution in [2.24, 2.45) is 0 Å². The predicted octanol–water partition coefficient (Wildman–Crippen LogP) is 9.47. The second kappa shape index (κ2) is 14.2. The number of aromatic nitrogens is 3. The van der Waals surface area contributed by atoms with Gasteiger partial charge in [0.2, 0.25) is 5.88 Å². The minimum atomic E-state index is -2.55. The molecule has 2 aromatic heterocycles. The Balaban J connectivity index is 1.31. The van der Waals surface area contributed by atoms with E-state index in [1.807, 2.05) is 64.2 Å². The number of rotatable bonds is 12. The van der Waals surface area contributed by atoms with E-state index in [1.165, 1.54) is 12.3 Å². The Morgan fingerprint density at radius 2 is 1.80 bits per heavy atom. The van der Waals surface area contributed by atoms with Crippen LogP contribution in [0, 0.1) is 5.82 Å². The third-order valence-electron chi connectivity index (χ3n) is 10.8. The van der Waals surface area contributed by atoms with Gasteiger partial charge in [0.25, 0.3) is 0 Å². The molecule has 0 saturated carbocycles. The van der Waals surface area contributed by atoms with E-state index in [4.69, 9.17) is 16.6 Å². The molecule has 268 valence electrons. The summed E-state index contributed by atoms with van der Waals surface area (Å²) < 4.78 is 86.7. The first kappa shape index (κ1) is 30.6. The van der Waals surface area contributed by atoms with Crippen molar-refractivity contribution in [2.75, 3.05) is 26.3 Å². The molecule has 0 amide bonds. The van der Waals surface area contributed by atoms with Crippen molar-refractivity contribution in [3.63, 3.8) is 0 Å². The lowest BCUT2D eigenvalue weighted by Gasteiger charge is -2.36. The molecule has 3 aromatic carbocycles. The Morgan fingerprint density at radius 3 is 2.59 bits per heavy atom. The second-order valence-electron chi connectivity index (χ2n) is 15.2. The van der Waals surface area contributed by atoms with E-state index in [9.17, 15) is 7.13 Å². The normalized spacial score (nSPS) is 21.3. The molecule has 7 rings (SSSR count). The first-order valence-electron chi connectivity index (χ1n) is 19.6. The number of hydrogen-bond donors (Lipinski definition) is 0. The number of benzene rings is 3. The van der Waals surface area contributed by atoms with Gasteiger partial charge in [0.05, 0.1) is 10.9 Å². The molecular formula is C41H48F2N4O3Si. The standard InChI is InChI=1S/C41H48F2N4O3Si/c1-40(2,3)51(4,5)50-22-11-18-30-16-9-15-29-17-10-19-32(34(29)30)36-35(43)37-33(24-44-36)38(48-26-28-13-7-6-8-14-28)46-39(45-37)49-27-41-20-12-21-47(41)25-31(42)23-41/h6-10,13-17,19,24,31H,11-12,18,20-23,25-27H2,1-5H3/t31-,41+/m1/s1/i11D2,18D2. The zero-order chi connectivity index (χ0) is 39.4. The molecule has 2 aliphatic heterocycles. The van der Waals surface area contributed by atoms with Gasteiger partial charge in [-0.3, -0.25) is 9.88 Å². The van der Waals surface area contributed by atoms with Gasteiger partial charge in [0, 0.05) is 36.8 Å². The van der Waals surface area contributed by atoms with Gasteiger partial charge in [-0.25, -0.2) is 8.78 Å². The molecule has 2 aliphatic rings.